The molecule has 1 N–H and O–H groups in total. The Morgan fingerprint density at radius 1 is 0.868 bits per heavy atom. The third-order valence-corrected chi connectivity index (χ3v) is 6.80. The van der Waals surface area contributed by atoms with Gasteiger partial charge in [-0.1, -0.05) is 48.5 Å². The average Bonchev–Trinajstić information content (AvgIpc) is 3.33. The fourth-order valence-corrected chi connectivity index (χ4v) is 4.86. The monoisotopic (exact) mass is 505 g/mol. The van der Waals surface area contributed by atoms with Crippen molar-refractivity contribution in [2.45, 2.75) is 25.4 Å². The molecule has 38 heavy (non-hydrogen) atoms. The van der Waals surface area contributed by atoms with Crippen molar-refractivity contribution in [1.82, 2.24) is 14.9 Å². The molecule has 6 nitrogen and oxygen atoms in total. The number of para-hydroxylation sites is 1. The first-order chi connectivity index (χ1) is 18.6. The van der Waals surface area contributed by atoms with Crippen LogP contribution in [-0.2, 0) is 17.9 Å². The van der Waals surface area contributed by atoms with Crippen LogP contribution in [0.25, 0.3) is 10.9 Å². The Kier molecular flexibility index (Phi) is 7.69. The van der Waals surface area contributed by atoms with E-state index >= 15 is 0 Å². The van der Waals surface area contributed by atoms with Gasteiger partial charge >= 0.3 is 0 Å². The summed E-state index contributed by atoms with van der Waals surface area (Å²) in [7, 11) is 3.28. The lowest BCUT2D eigenvalue weighted by Gasteiger charge is -2.19. The van der Waals surface area contributed by atoms with Gasteiger partial charge in [-0.25, -0.2) is 0 Å². The highest BCUT2D eigenvalue weighted by molar-refractivity contribution is 5.87. The summed E-state index contributed by atoms with van der Waals surface area (Å²) in [6.45, 7) is 1.19. The number of nitrogens with zero attached hydrogens (tertiary/aromatic N) is 2. The van der Waals surface area contributed by atoms with Crippen molar-refractivity contribution >= 4 is 16.8 Å². The highest BCUT2D eigenvalue weighted by Crippen LogP contribution is 2.38. The molecule has 2 aromatic heterocycles. The second-order valence-electron chi connectivity index (χ2n) is 9.25. The highest BCUT2D eigenvalue weighted by Gasteiger charge is 2.24. The number of rotatable bonds is 10. The van der Waals surface area contributed by atoms with Gasteiger partial charge in [0.2, 0.25) is 5.91 Å². The smallest absolute Gasteiger partial charge is 0.221 e. The number of methoxy groups -OCH3 is 2. The van der Waals surface area contributed by atoms with Crippen LogP contribution in [-0.4, -0.2) is 29.7 Å². The molecule has 5 aromatic rings. The summed E-state index contributed by atoms with van der Waals surface area (Å²) in [6.07, 6.45) is 5.92. The van der Waals surface area contributed by atoms with Crippen molar-refractivity contribution in [1.29, 1.82) is 0 Å². The Morgan fingerprint density at radius 3 is 2.26 bits per heavy atom. The van der Waals surface area contributed by atoms with Crippen LogP contribution in [0.15, 0.2) is 104 Å². The summed E-state index contributed by atoms with van der Waals surface area (Å²) in [5, 5.41) is 4.21. The maximum atomic E-state index is 13.3. The van der Waals surface area contributed by atoms with Crippen LogP contribution < -0.4 is 14.8 Å². The first-order valence-electron chi connectivity index (χ1n) is 12.6. The van der Waals surface area contributed by atoms with E-state index in [1.165, 1.54) is 5.56 Å². The Balaban J connectivity index is 1.55. The fraction of sp³-hybridized carbons (Fsp3) is 0.188. The molecule has 0 fully saturated rings. The molecule has 0 saturated heterocycles. The molecule has 0 spiro atoms. The van der Waals surface area contributed by atoms with E-state index in [0.29, 0.717) is 18.0 Å². The lowest BCUT2D eigenvalue weighted by Crippen LogP contribution is -2.25. The number of hydrogen-bond acceptors (Lipinski definition) is 4. The largest absolute Gasteiger partial charge is 0.497 e. The first-order valence-corrected chi connectivity index (χ1v) is 12.6. The number of hydrogen-bond donors (Lipinski definition) is 1. The molecule has 0 aliphatic rings. The average molecular weight is 506 g/mol. The number of pyridine rings is 1. The van der Waals surface area contributed by atoms with Crippen LogP contribution >= 0.6 is 0 Å². The lowest BCUT2D eigenvalue weighted by molar-refractivity contribution is -0.121. The second-order valence-corrected chi connectivity index (χ2v) is 9.25. The molecular weight excluding hydrogens is 474 g/mol. The molecule has 192 valence electrons. The molecule has 0 radical (unpaired) electrons. The van der Waals surface area contributed by atoms with E-state index in [2.05, 4.69) is 63.5 Å². The Labute approximate surface area is 222 Å². The first kappa shape index (κ1) is 25.1. The van der Waals surface area contributed by atoms with Crippen molar-refractivity contribution in [3.8, 4) is 11.5 Å². The van der Waals surface area contributed by atoms with E-state index in [-0.39, 0.29) is 18.2 Å². The predicted molar refractivity (Wildman–Crippen MR) is 150 cm³/mol. The van der Waals surface area contributed by atoms with Gasteiger partial charge in [-0.05, 0) is 52.6 Å². The van der Waals surface area contributed by atoms with Crippen LogP contribution in [0.5, 0.6) is 11.5 Å². The van der Waals surface area contributed by atoms with Gasteiger partial charge < -0.3 is 19.4 Å². The van der Waals surface area contributed by atoms with Crippen LogP contribution in [0.3, 0.4) is 0 Å². The van der Waals surface area contributed by atoms with Gasteiger partial charge in [0.05, 0.1) is 14.2 Å². The maximum Gasteiger partial charge on any atom is 0.221 e. The standard InChI is InChI=1S/C32H31N3O3/c1-37-26-16-25(17-27(18-26)38-2)29(19-32(36)34-20-23-12-14-33-15-13-23)30-22-35(21-24-8-4-3-5-9-24)31-11-7-6-10-28(30)31/h3-18,22,29H,19-21H2,1-2H3,(H,34,36)/t29-/m1/s1. The van der Waals surface area contributed by atoms with Gasteiger partial charge in [-0.3, -0.25) is 9.78 Å². The van der Waals surface area contributed by atoms with Crippen LogP contribution in [0, 0.1) is 0 Å². The van der Waals surface area contributed by atoms with Gasteiger partial charge in [-0.2, -0.15) is 0 Å². The Hall–Kier alpha value is -4.58. The second kappa shape index (κ2) is 11.6. The Bertz CT molecular complexity index is 1490. The van der Waals surface area contributed by atoms with Gasteiger partial charge in [-0.15, -0.1) is 0 Å². The minimum absolute atomic E-state index is 0.0338. The number of benzene rings is 3. The molecule has 0 aliphatic carbocycles. The van der Waals surface area contributed by atoms with Gasteiger partial charge in [0.1, 0.15) is 11.5 Å². The Morgan fingerprint density at radius 2 is 1.55 bits per heavy atom. The van der Waals surface area contributed by atoms with Crippen molar-refractivity contribution in [2.75, 3.05) is 14.2 Å². The summed E-state index contributed by atoms with van der Waals surface area (Å²) in [5.41, 5.74) is 5.40. The predicted octanol–water partition coefficient (Wildman–Crippen LogP) is 5.94. The van der Waals surface area contributed by atoms with E-state index in [1.807, 2.05) is 42.5 Å². The number of fused-ring (bicyclic) bond motifs is 1. The van der Waals surface area contributed by atoms with Crippen molar-refractivity contribution < 1.29 is 14.3 Å². The summed E-state index contributed by atoms with van der Waals surface area (Å²) in [5.74, 6) is 1.14. The van der Waals surface area contributed by atoms with E-state index in [1.54, 1.807) is 26.6 Å². The quantitative estimate of drug-likeness (QED) is 0.255. The minimum atomic E-state index is -0.210. The SMILES string of the molecule is COc1cc(OC)cc([C@@H](CC(=O)NCc2ccncc2)c2cn(Cc3ccccc3)c3ccccc23)c1. The molecule has 5 rings (SSSR count). The lowest BCUT2D eigenvalue weighted by atomic mass is 9.87. The van der Waals surface area contributed by atoms with Gasteiger partial charge in [0.25, 0.3) is 0 Å². The van der Waals surface area contributed by atoms with Crippen LogP contribution in [0.1, 0.15) is 34.6 Å². The van der Waals surface area contributed by atoms with Crippen LogP contribution in [0.4, 0.5) is 0 Å². The molecule has 6 heteroatoms. The summed E-state index contributed by atoms with van der Waals surface area (Å²) >= 11 is 0. The zero-order valence-electron chi connectivity index (χ0n) is 21.6. The molecule has 0 unspecified atom stereocenters. The third-order valence-electron chi connectivity index (χ3n) is 6.80. The van der Waals surface area contributed by atoms with Crippen molar-refractivity contribution in [2.24, 2.45) is 0 Å². The molecule has 1 atom stereocenters. The van der Waals surface area contributed by atoms with Crippen molar-refractivity contribution in [3.05, 3.63) is 126 Å². The summed E-state index contributed by atoms with van der Waals surface area (Å²) in [4.78, 5) is 17.4. The van der Waals surface area contributed by atoms with E-state index in [0.717, 1.165) is 34.1 Å². The number of nitrogens with one attached hydrogen (secondary N) is 1. The maximum absolute atomic E-state index is 13.3. The van der Waals surface area contributed by atoms with Crippen molar-refractivity contribution in [3.63, 3.8) is 0 Å². The van der Waals surface area contributed by atoms with E-state index < -0.39 is 0 Å². The van der Waals surface area contributed by atoms with Crippen LogP contribution in [0.2, 0.25) is 0 Å². The van der Waals surface area contributed by atoms with Gasteiger partial charge in [0.15, 0.2) is 0 Å². The fourth-order valence-electron chi connectivity index (χ4n) is 4.86. The number of carbonyl (C=O) groups is 1. The molecule has 3 aromatic carbocycles. The summed E-state index contributed by atoms with van der Waals surface area (Å²) < 4.78 is 13.4. The molecule has 0 bridgehead atoms. The molecule has 1 amide bonds. The summed E-state index contributed by atoms with van der Waals surface area (Å²) in [6, 6.07) is 28.4. The zero-order chi connectivity index (χ0) is 26.3. The molecule has 0 aliphatic heterocycles. The van der Waals surface area contributed by atoms with E-state index in [4.69, 9.17) is 9.47 Å². The zero-order valence-corrected chi connectivity index (χ0v) is 21.6. The van der Waals surface area contributed by atoms with E-state index in [9.17, 15) is 4.79 Å². The molecule has 2 heterocycles. The third kappa shape index (κ3) is 5.70. The molecular formula is C32H31N3O3. The molecule has 0 saturated carbocycles. The normalized spacial score (nSPS) is 11.7. The number of aromatic nitrogens is 2. The highest BCUT2D eigenvalue weighted by atomic mass is 16.5. The number of carbonyl (C=O) groups excluding carboxylic acids is 1. The number of amides is 1. The minimum Gasteiger partial charge on any atom is -0.497 e. The van der Waals surface area contributed by atoms with Gasteiger partial charge in [0, 0.05) is 61.0 Å². The number of ether oxygens (including phenoxy) is 2. The topological polar surface area (TPSA) is 65.4 Å².